The number of ether oxygens (including phenoxy) is 4. The van der Waals surface area contributed by atoms with E-state index in [-0.39, 0.29) is 16.8 Å². The Balaban J connectivity index is 0.000000796. The zero-order valence-corrected chi connectivity index (χ0v) is 37.0. The van der Waals surface area contributed by atoms with Gasteiger partial charge in [-0.2, -0.15) is 6.42 Å². The Morgan fingerprint density at radius 3 is 0.810 bits per heavy atom. The van der Waals surface area contributed by atoms with Gasteiger partial charge in [0.05, 0.1) is 51.2 Å². The minimum absolute atomic E-state index is 0. The molecule has 0 radical (unpaired) electrons. The number of methoxy groups -OCH3 is 4. The molecule has 1 N–H and O–H groups in total. The van der Waals surface area contributed by atoms with Crippen LogP contribution in [-0.4, -0.2) is 49.1 Å². The fourth-order valence-corrected chi connectivity index (χ4v) is 7.30. The summed E-state index contributed by atoms with van der Waals surface area (Å²) in [4.78, 5) is 21.4. The Bertz CT molecular complexity index is 2560. The summed E-state index contributed by atoms with van der Waals surface area (Å²) in [5.41, 5.74) is 13.1. The van der Waals surface area contributed by atoms with E-state index >= 15 is 0 Å². The summed E-state index contributed by atoms with van der Waals surface area (Å²) >= 11 is 0. The van der Waals surface area contributed by atoms with Crippen LogP contribution in [0.3, 0.4) is 0 Å². The molecule has 0 spiro atoms. The second kappa shape index (κ2) is 19.0. The van der Waals surface area contributed by atoms with Crippen molar-refractivity contribution in [3.05, 3.63) is 151 Å². The molecular formula is C53H47CoN4O5. The summed E-state index contributed by atoms with van der Waals surface area (Å²) in [5.74, 6) is 3.06. The van der Waals surface area contributed by atoms with E-state index in [2.05, 4.69) is 55.5 Å². The fourth-order valence-electron chi connectivity index (χ4n) is 7.30. The summed E-state index contributed by atoms with van der Waals surface area (Å²) in [6.45, 7) is 6.98. The van der Waals surface area contributed by atoms with Gasteiger partial charge in [-0.3, -0.25) is 0 Å². The molecule has 63 heavy (non-hydrogen) atoms. The molecule has 0 fully saturated rings. The van der Waals surface area contributed by atoms with Crippen LogP contribution in [-0.2, 0) is 16.8 Å². The molecule has 9 nitrogen and oxygen atoms in total. The summed E-state index contributed by atoms with van der Waals surface area (Å²) in [5, 5.41) is 8.76. The van der Waals surface area contributed by atoms with Crippen molar-refractivity contribution in [2.24, 2.45) is 0 Å². The number of benzene rings is 4. The average Bonchev–Trinajstić information content (AvgIpc) is 4.16. The Kier molecular flexibility index (Phi) is 13.4. The van der Waals surface area contributed by atoms with Crippen molar-refractivity contribution in [1.29, 1.82) is 0 Å². The van der Waals surface area contributed by atoms with Crippen molar-refractivity contribution in [3.8, 4) is 67.5 Å². The molecule has 318 valence electrons. The van der Waals surface area contributed by atoms with Crippen molar-refractivity contribution in [1.82, 2.24) is 19.9 Å². The Morgan fingerprint density at radius 2 is 0.635 bits per heavy atom. The van der Waals surface area contributed by atoms with Crippen molar-refractivity contribution in [2.75, 3.05) is 28.4 Å². The minimum Gasteiger partial charge on any atom is -0.657 e. The van der Waals surface area contributed by atoms with Gasteiger partial charge >= 0.3 is 16.8 Å². The van der Waals surface area contributed by atoms with Gasteiger partial charge in [0.1, 0.15) is 23.0 Å². The van der Waals surface area contributed by atoms with E-state index in [1.165, 1.54) is 0 Å². The van der Waals surface area contributed by atoms with Gasteiger partial charge < -0.3 is 40.9 Å². The molecule has 0 atom stereocenters. The molecule has 2 aliphatic heterocycles. The molecule has 2 aliphatic rings. The predicted octanol–water partition coefficient (Wildman–Crippen LogP) is 11.6. The van der Waals surface area contributed by atoms with Crippen molar-refractivity contribution >= 4 is 46.4 Å². The monoisotopic (exact) mass is 878 g/mol. The molecular weight excluding hydrogens is 832 g/mol. The van der Waals surface area contributed by atoms with Crippen LogP contribution < -0.4 is 28.9 Å². The molecule has 10 heteroatoms. The van der Waals surface area contributed by atoms with E-state index in [1.54, 1.807) is 42.3 Å². The largest absolute Gasteiger partial charge is 3.00 e. The third kappa shape index (κ3) is 9.49. The third-order valence-electron chi connectivity index (χ3n) is 10.7. The standard InChI is InChI=1S/C48H36N4O4.C5H11O.Co/c1-53-33-13-5-29(6-14-33)45-37-21-23-39(49-37)46(30-7-15-34(54-2)16-8-30)41-25-27-43(51-41)48(32-11-19-36(56-4)20-12-32)44-28-26-42(52-44)47(40-24-22-38(45)50-40)31-9-17-35(55-3)18-10-31;1-4-5(2,3)6;/h5-28H,1-4H3;6H,1,4H2,2-3H3;/q-2;-1;+3. The normalized spacial score (nSPS) is 11.6. The smallest absolute Gasteiger partial charge is 0.657 e. The zero-order chi connectivity index (χ0) is 43.4. The van der Waals surface area contributed by atoms with Crippen molar-refractivity contribution in [3.63, 3.8) is 0 Å². The number of hydrogen-bond donors (Lipinski definition) is 1. The van der Waals surface area contributed by atoms with Gasteiger partial charge in [-0.1, -0.05) is 72.8 Å². The van der Waals surface area contributed by atoms with E-state index in [9.17, 15) is 0 Å². The van der Waals surface area contributed by atoms with Gasteiger partial charge in [-0.15, -0.1) is 22.1 Å². The number of aromatic nitrogens is 4. The first-order chi connectivity index (χ1) is 30.1. The molecule has 0 saturated carbocycles. The Morgan fingerprint density at radius 1 is 0.429 bits per heavy atom. The van der Waals surface area contributed by atoms with Gasteiger partial charge in [0.25, 0.3) is 0 Å². The molecule has 5 heterocycles. The molecule has 7 aromatic rings. The number of rotatable bonds is 9. The third-order valence-corrected chi connectivity index (χ3v) is 10.7. The summed E-state index contributed by atoms with van der Waals surface area (Å²) in [6.07, 6.45) is 8.81. The number of nitrogens with zero attached hydrogens (tertiary/aromatic N) is 4. The summed E-state index contributed by atoms with van der Waals surface area (Å²) in [6, 6.07) is 40.3. The maximum atomic E-state index is 8.76. The van der Waals surface area contributed by atoms with Crippen LogP contribution in [0.15, 0.2) is 121 Å². The quantitative estimate of drug-likeness (QED) is 0.142. The van der Waals surface area contributed by atoms with E-state index in [1.807, 2.05) is 97.1 Å². The van der Waals surface area contributed by atoms with Gasteiger partial charge in [0, 0.05) is 5.60 Å². The van der Waals surface area contributed by atoms with Gasteiger partial charge in [-0.05, 0) is 131 Å². The van der Waals surface area contributed by atoms with E-state index in [0.717, 1.165) is 112 Å². The fraction of sp³-hybridized carbons (Fsp3) is 0.151. The van der Waals surface area contributed by atoms with E-state index < -0.39 is 5.60 Å². The topological polar surface area (TPSA) is 111 Å². The second-order valence-corrected chi connectivity index (χ2v) is 15.3. The second-order valence-electron chi connectivity index (χ2n) is 15.3. The minimum atomic E-state index is -0.569. The van der Waals surface area contributed by atoms with E-state index in [0.29, 0.717) is 6.42 Å². The van der Waals surface area contributed by atoms with Crippen LogP contribution in [0.25, 0.3) is 90.9 Å². The molecule has 0 aliphatic carbocycles. The Labute approximate surface area is 378 Å². The van der Waals surface area contributed by atoms with Gasteiger partial charge in [-0.25, -0.2) is 9.97 Å². The molecule has 4 aromatic carbocycles. The first-order valence-electron chi connectivity index (χ1n) is 20.2. The molecule has 8 bridgehead atoms. The average molecular weight is 879 g/mol. The van der Waals surface area contributed by atoms with E-state index in [4.69, 9.17) is 44.0 Å². The van der Waals surface area contributed by atoms with Crippen LogP contribution in [0.1, 0.15) is 43.0 Å². The van der Waals surface area contributed by atoms with Gasteiger partial charge in [0.2, 0.25) is 0 Å². The van der Waals surface area contributed by atoms with Crippen LogP contribution in [0.5, 0.6) is 23.0 Å². The van der Waals surface area contributed by atoms with Crippen molar-refractivity contribution < 1.29 is 40.8 Å². The van der Waals surface area contributed by atoms with Crippen LogP contribution >= 0.6 is 0 Å². The summed E-state index contributed by atoms with van der Waals surface area (Å²) in [7, 11) is 6.67. The maximum absolute atomic E-state index is 8.76. The number of aliphatic hydroxyl groups is 1. The molecule has 9 rings (SSSR count). The Hall–Kier alpha value is -6.85. The van der Waals surface area contributed by atoms with Crippen molar-refractivity contribution in [2.45, 2.75) is 25.9 Å². The molecule has 0 amide bonds. The van der Waals surface area contributed by atoms with Crippen LogP contribution in [0.2, 0.25) is 0 Å². The first kappa shape index (κ1) is 44.2. The molecule has 0 saturated heterocycles. The van der Waals surface area contributed by atoms with Crippen LogP contribution in [0, 0.1) is 6.92 Å². The zero-order valence-electron chi connectivity index (χ0n) is 36.0. The van der Waals surface area contributed by atoms with Crippen LogP contribution in [0.4, 0.5) is 0 Å². The number of hydrogen-bond acceptors (Lipinski definition) is 7. The maximum Gasteiger partial charge on any atom is 3.00 e. The predicted molar refractivity (Wildman–Crippen MR) is 251 cm³/mol. The number of fused-ring (bicyclic) bond motifs is 8. The first-order valence-corrected chi connectivity index (χ1v) is 20.2. The summed E-state index contributed by atoms with van der Waals surface area (Å²) < 4.78 is 22.1. The molecule has 3 aromatic heterocycles. The SMILES string of the molecule is COc1ccc(-c2c3nc(c(-c4ccc(OC)cc4)c4ccc([n-]4)c(-c4ccc(OC)cc4)c4nc(c(-c5ccc(OC)cc5)c5ccc2[n-]5)C=C4)C=C3)cc1.[CH2-]CC(C)(C)O.[Co+3]. The molecule has 0 unspecified atom stereocenters. The van der Waals surface area contributed by atoms with Gasteiger partial charge in [0.15, 0.2) is 0 Å².